The molecule has 22 heavy (non-hydrogen) atoms. The fourth-order valence-electron chi connectivity index (χ4n) is 2.87. The molecule has 4 nitrogen and oxygen atoms in total. The third-order valence-corrected chi connectivity index (χ3v) is 4.75. The smallest absolute Gasteiger partial charge is 0.227 e. The molecule has 1 heterocycles. The predicted molar refractivity (Wildman–Crippen MR) is 90.3 cm³/mol. The topological polar surface area (TPSA) is 58.4 Å². The van der Waals surface area contributed by atoms with E-state index in [0.717, 1.165) is 26.1 Å². The summed E-state index contributed by atoms with van der Waals surface area (Å²) in [6.07, 6.45) is 1.14. The molecule has 0 bridgehead atoms. The standard InChI is InChI=1S/C18H29N3O/c1-14(20-17(22)18(2,3)13-19)16-9-10-21(12-16)11-15-7-5-4-6-8-15/h4-8,14,16H,9-13,19H2,1-3H3,(H,20,22). The predicted octanol–water partition coefficient (Wildman–Crippen LogP) is 2.00. The molecule has 1 aliphatic heterocycles. The molecule has 3 N–H and O–H groups in total. The zero-order valence-electron chi connectivity index (χ0n) is 14.0. The van der Waals surface area contributed by atoms with Crippen LogP contribution in [0.15, 0.2) is 30.3 Å². The number of rotatable bonds is 6. The summed E-state index contributed by atoms with van der Waals surface area (Å²) < 4.78 is 0. The summed E-state index contributed by atoms with van der Waals surface area (Å²) in [4.78, 5) is 14.7. The van der Waals surface area contributed by atoms with Gasteiger partial charge in [-0.15, -0.1) is 0 Å². The Balaban J connectivity index is 1.83. The van der Waals surface area contributed by atoms with E-state index in [2.05, 4.69) is 41.4 Å². The Bertz CT molecular complexity index is 486. The van der Waals surface area contributed by atoms with Crippen LogP contribution in [0.3, 0.4) is 0 Å². The average molecular weight is 303 g/mol. The molecule has 0 spiro atoms. The van der Waals surface area contributed by atoms with Crippen molar-refractivity contribution < 1.29 is 4.79 Å². The van der Waals surface area contributed by atoms with Gasteiger partial charge in [-0.3, -0.25) is 9.69 Å². The van der Waals surface area contributed by atoms with E-state index in [9.17, 15) is 4.79 Å². The molecule has 0 aliphatic carbocycles. The Kier molecular flexibility index (Phi) is 5.59. The first-order valence-electron chi connectivity index (χ1n) is 8.19. The maximum atomic E-state index is 12.2. The number of nitrogens with zero attached hydrogens (tertiary/aromatic N) is 1. The molecule has 1 amide bonds. The highest BCUT2D eigenvalue weighted by atomic mass is 16.2. The van der Waals surface area contributed by atoms with Crippen LogP contribution < -0.4 is 11.1 Å². The van der Waals surface area contributed by atoms with Crippen molar-refractivity contribution in [3.63, 3.8) is 0 Å². The number of hydrogen-bond acceptors (Lipinski definition) is 3. The van der Waals surface area contributed by atoms with Gasteiger partial charge in [-0.2, -0.15) is 0 Å². The van der Waals surface area contributed by atoms with E-state index in [1.165, 1.54) is 5.56 Å². The molecule has 2 atom stereocenters. The SMILES string of the molecule is CC(NC(=O)C(C)(C)CN)C1CCN(Cc2ccccc2)C1. The third kappa shape index (κ3) is 4.31. The van der Waals surface area contributed by atoms with E-state index in [1.54, 1.807) is 0 Å². The lowest BCUT2D eigenvalue weighted by molar-refractivity contribution is -0.129. The van der Waals surface area contributed by atoms with Gasteiger partial charge in [-0.25, -0.2) is 0 Å². The number of carbonyl (C=O) groups excluding carboxylic acids is 1. The largest absolute Gasteiger partial charge is 0.353 e. The van der Waals surface area contributed by atoms with Gasteiger partial charge in [0.25, 0.3) is 0 Å². The Morgan fingerprint density at radius 1 is 1.41 bits per heavy atom. The van der Waals surface area contributed by atoms with Gasteiger partial charge in [0.05, 0.1) is 5.41 Å². The van der Waals surface area contributed by atoms with Crippen LogP contribution in [0.4, 0.5) is 0 Å². The van der Waals surface area contributed by atoms with Crippen molar-refractivity contribution in [3.8, 4) is 0 Å². The minimum atomic E-state index is -0.489. The van der Waals surface area contributed by atoms with Crippen LogP contribution in [0.25, 0.3) is 0 Å². The van der Waals surface area contributed by atoms with Crippen LogP contribution >= 0.6 is 0 Å². The summed E-state index contributed by atoms with van der Waals surface area (Å²) in [6, 6.07) is 10.7. The maximum Gasteiger partial charge on any atom is 0.227 e. The van der Waals surface area contributed by atoms with E-state index >= 15 is 0 Å². The third-order valence-electron chi connectivity index (χ3n) is 4.75. The number of benzene rings is 1. The normalized spacial score (nSPS) is 20.8. The summed E-state index contributed by atoms with van der Waals surface area (Å²) in [5, 5.41) is 3.15. The second-order valence-electron chi connectivity index (χ2n) is 7.12. The Hall–Kier alpha value is -1.39. The first-order valence-corrected chi connectivity index (χ1v) is 8.19. The van der Waals surface area contributed by atoms with E-state index in [4.69, 9.17) is 5.73 Å². The molecule has 1 aromatic rings. The van der Waals surface area contributed by atoms with Crippen LogP contribution in [0.1, 0.15) is 32.8 Å². The van der Waals surface area contributed by atoms with Crippen LogP contribution in [0, 0.1) is 11.3 Å². The van der Waals surface area contributed by atoms with Gasteiger partial charge in [0.2, 0.25) is 5.91 Å². The van der Waals surface area contributed by atoms with Gasteiger partial charge in [0.15, 0.2) is 0 Å². The molecule has 1 saturated heterocycles. The van der Waals surface area contributed by atoms with Gasteiger partial charge >= 0.3 is 0 Å². The summed E-state index contributed by atoms with van der Waals surface area (Å²) >= 11 is 0. The lowest BCUT2D eigenvalue weighted by Gasteiger charge is -2.27. The zero-order valence-corrected chi connectivity index (χ0v) is 14.0. The van der Waals surface area contributed by atoms with Crippen molar-refractivity contribution in [2.45, 2.75) is 39.8 Å². The molecule has 1 aliphatic rings. The maximum absolute atomic E-state index is 12.2. The van der Waals surface area contributed by atoms with Gasteiger partial charge in [-0.05, 0) is 45.2 Å². The number of nitrogens with one attached hydrogen (secondary N) is 1. The first-order chi connectivity index (χ1) is 10.4. The fraction of sp³-hybridized carbons (Fsp3) is 0.611. The van der Waals surface area contributed by atoms with E-state index < -0.39 is 5.41 Å². The van der Waals surface area contributed by atoms with Gasteiger partial charge in [-0.1, -0.05) is 30.3 Å². The van der Waals surface area contributed by atoms with Crippen molar-refractivity contribution in [1.82, 2.24) is 10.2 Å². The molecule has 2 rings (SSSR count). The summed E-state index contributed by atoms with van der Waals surface area (Å²) in [5.74, 6) is 0.574. The zero-order chi connectivity index (χ0) is 16.2. The monoisotopic (exact) mass is 303 g/mol. The summed E-state index contributed by atoms with van der Waals surface area (Å²) in [6.45, 7) is 9.40. The molecule has 122 valence electrons. The summed E-state index contributed by atoms with van der Waals surface area (Å²) in [5.41, 5.74) is 6.54. The second-order valence-corrected chi connectivity index (χ2v) is 7.12. The van der Waals surface area contributed by atoms with Gasteiger partial charge < -0.3 is 11.1 Å². The lowest BCUT2D eigenvalue weighted by atomic mass is 9.91. The minimum absolute atomic E-state index is 0.0593. The van der Waals surface area contributed by atoms with Crippen LogP contribution in [-0.2, 0) is 11.3 Å². The van der Waals surface area contributed by atoms with E-state index in [0.29, 0.717) is 12.5 Å². The molecular formula is C18H29N3O. The summed E-state index contributed by atoms with van der Waals surface area (Å²) in [7, 11) is 0. The van der Waals surface area contributed by atoms with Crippen molar-refractivity contribution in [2.24, 2.45) is 17.1 Å². The number of likely N-dealkylation sites (tertiary alicyclic amines) is 1. The minimum Gasteiger partial charge on any atom is -0.353 e. The van der Waals surface area contributed by atoms with E-state index in [1.807, 2.05) is 19.9 Å². The highest BCUT2D eigenvalue weighted by Gasteiger charge is 2.31. The fourth-order valence-corrected chi connectivity index (χ4v) is 2.87. The Labute approximate surface area is 134 Å². The molecule has 0 saturated carbocycles. The molecular weight excluding hydrogens is 274 g/mol. The molecule has 0 aromatic heterocycles. The number of amides is 1. The number of hydrogen-bond donors (Lipinski definition) is 2. The van der Waals surface area contributed by atoms with Crippen molar-refractivity contribution >= 4 is 5.91 Å². The van der Waals surface area contributed by atoms with Gasteiger partial charge in [0, 0.05) is 25.7 Å². The van der Waals surface area contributed by atoms with E-state index in [-0.39, 0.29) is 11.9 Å². The average Bonchev–Trinajstić information content (AvgIpc) is 2.96. The molecule has 1 fully saturated rings. The number of nitrogens with two attached hydrogens (primary N) is 1. The van der Waals surface area contributed by atoms with Gasteiger partial charge in [0.1, 0.15) is 0 Å². The van der Waals surface area contributed by atoms with Crippen LogP contribution in [0.2, 0.25) is 0 Å². The second kappa shape index (κ2) is 7.25. The van der Waals surface area contributed by atoms with Crippen molar-refractivity contribution in [3.05, 3.63) is 35.9 Å². The molecule has 2 unspecified atom stereocenters. The Morgan fingerprint density at radius 2 is 2.09 bits per heavy atom. The highest BCUT2D eigenvalue weighted by molar-refractivity contribution is 5.82. The van der Waals surface area contributed by atoms with Crippen LogP contribution in [-0.4, -0.2) is 36.5 Å². The highest BCUT2D eigenvalue weighted by Crippen LogP contribution is 2.22. The quantitative estimate of drug-likeness (QED) is 0.845. The molecule has 4 heteroatoms. The molecule has 0 radical (unpaired) electrons. The van der Waals surface area contributed by atoms with Crippen molar-refractivity contribution in [1.29, 1.82) is 0 Å². The van der Waals surface area contributed by atoms with Crippen LogP contribution in [0.5, 0.6) is 0 Å². The lowest BCUT2D eigenvalue weighted by Crippen LogP contribution is -2.47. The van der Waals surface area contributed by atoms with Crippen molar-refractivity contribution in [2.75, 3.05) is 19.6 Å². The Morgan fingerprint density at radius 3 is 2.73 bits per heavy atom. The first kappa shape index (κ1) is 17.0. The number of carbonyl (C=O) groups is 1. The molecule has 1 aromatic carbocycles.